The largest absolute Gasteiger partial charge is 0.502 e. The summed E-state index contributed by atoms with van der Waals surface area (Å²) in [5.74, 6) is -1.09. The number of carbonyl (C=O) groups is 1. The molecule has 2 heterocycles. The first kappa shape index (κ1) is 20.9. The number of nitrogens with zero attached hydrogens (tertiary/aromatic N) is 2. The first-order chi connectivity index (χ1) is 13.9. The Morgan fingerprint density at radius 2 is 1.86 bits per heavy atom. The van der Waals surface area contributed by atoms with Crippen LogP contribution in [0.15, 0.2) is 53.6 Å². The average Bonchev–Trinajstić information content (AvgIpc) is 2.72. The first-order valence-corrected chi connectivity index (χ1v) is 9.69. The minimum absolute atomic E-state index is 0.0607. The van der Waals surface area contributed by atoms with Crippen LogP contribution >= 0.6 is 23.2 Å². The van der Waals surface area contributed by atoms with Gasteiger partial charge in [-0.1, -0.05) is 29.3 Å². The molecule has 0 radical (unpaired) electrons. The van der Waals surface area contributed by atoms with E-state index in [1.54, 1.807) is 36.7 Å². The van der Waals surface area contributed by atoms with Crippen LogP contribution in [0.4, 0.5) is 0 Å². The number of rotatable bonds is 6. The molecule has 0 unspecified atom stereocenters. The zero-order valence-electron chi connectivity index (χ0n) is 15.7. The lowest BCUT2D eigenvalue weighted by Gasteiger charge is -2.13. The van der Waals surface area contributed by atoms with Crippen molar-refractivity contribution in [3.8, 4) is 17.0 Å². The molecular weight excluding hydrogens is 413 g/mol. The van der Waals surface area contributed by atoms with E-state index >= 15 is 0 Å². The van der Waals surface area contributed by atoms with Crippen molar-refractivity contribution in [3.05, 3.63) is 80.3 Å². The summed E-state index contributed by atoms with van der Waals surface area (Å²) in [6.45, 7) is 0.373. The molecule has 0 bridgehead atoms. The van der Waals surface area contributed by atoms with Gasteiger partial charge < -0.3 is 15.0 Å². The van der Waals surface area contributed by atoms with Gasteiger partial charge in [0.15, 0.2) is 5.75 Å². The highest BCUT2D eigenvalue weighted by Crippen LogP contribution is 2.24. The number of halogens is 2. The molecule has 0 saturated heterocycles. The summed E-state index contributed by atoms with van der Waals surface area (Å²) in [7, 11) is 1.54. The Balaban J connectivity index is 1.71. The second kappa shape index (κ2) is 9.11. The molecule has 1 amide bonds. The molecule has 0 saturated carbocycles. The molecule has 0 atom stereocenters. The molecule has 29 heavy (non-hydrogen) atoms. The third kappa shape index (κ3) is 4.78. The number of amides is 1. The van der Waals surface area contributed by atoms with Gasteiger partial charge in [-0.2, -0.15) is 0 Å². The van der Waals surface area contributed by atoms with E-state index in [4.69, 9.17) is 23.2 Å². The normalized spacial score (nSPS) is 10.7. The fraction of sp³-hybridized carbons (Fsp3) is 0.190. The minimum Gasteiger partial charge on any atom is -0.502 e. The molecule has 0 aliphatic heterocycles. The molecule has 150 valence electrons. The van der Waals surface area contributed by atoms with Gasteiger partial charge in [-0.3, -0.25) is 14.6 Å². The maximum Gasteiger partial charge on any atom is 0.293 e. The number of aryl methyl sites for hydroxylation is 1. The highest BCUT2D eigenvalue weighted by Gasteiger charge is 2.18. The number of aromatic hydroxyl groups is 1. The van der Waals surface area contributed by atoms with Crippen LogP contribution in [-0.4, -0.2) is 27.1 Å². The first-order valence-electron chi connectivity index (χ1n) is 8.94. The zero-order chi connectivity index (χ0) is 21.0. The van der Waals surface area contributed by atoms with E-state index in [9.17, 15) is 14.7 Å². The van der Waals surface area contributed by atoms with Gasteiger partial charge in [0, 0.05) is 31.5 Å². The molecule has 0 aliphatic carbocycles. The van der Waals surface area contributed by atoms with Crippen molar-refractivity contribution >= 4 is 29.1 Å². The highest BCUT2D eigenvalue weighted by atomic mass is 35.5. The van der Waals surface area contributed by atoms with E-state index in [-0.39, 0.29) is 5.56 Å². The molecule has 1 aromatic carbocycles. The van der Waals surface area contributed by atoms with Crippen molar-refractivity contribution in [2.75, 3.05) is 6.54 Å². The Morgan fingerprint density at radius 1 is 1.14 bits per heavy atom. The Labute approximate surface area is 177 Å². The number of carbonyl (C=O) groups excluding carboxylic acids is 1. The predicted molar refractivity (Wildman–Crippen MR) is 114 cm³/mol. The van der Waals surface area contributed by atoms with Crippen LogP contribution in [0, 0.1) is 0 Å². The van der Waals surface area contributed by atoms with Crippen LogP contribution in [-0.2, 0) is 13.5 Å². The number of aromatic nitrogens is 2. The van der Waals surface area contributed by atoms with Crippen LogP contribution in [0.5, 0.6) is 5.75 Å². The van der Waals surface area contributed by atoms with Crippen LogP contribution in [0.1, 0.15) is 22.3 Å². The monoisotopic (exact) mass is 431 g/mol. The summed E-state index contributed by atoms with van der Waals surface area (Å²) < 4.78 is 1.30. The van der Waals surface area contributed by atoms with E-state index < -0.39 is 17.2 Å². The lowest BCUT2D eigenvalue weighted by atomic mass is 10.1. The Hall–Kier alpha value is -2.83. The summed E-state index contributed by atoms with van der Waals surface area (Å²) in [5.41, 5.74) is 1.53. The second-order valence-electron chi connectivity index (χ2n) is 6.50. The van der Waals surface area contributed by atoms with Crippen molar-refractivity contribution in [2.24, 2.45) is 7.05 Å². The number of hydrogen-bond donors (Lipinski definition) is 2. The molecule has 3 rings (SSSR count). The van der Waals surface area contributed by atoms with Gasteiger partial charge in [-0.15, -0.1) is 0 Å². The van der Waals surface area contributed by atoms with Crippen molar-refractivity contribution in [3.63, 3.8) is 0 Å². The summed E-state index contributed by atoms with van der Waals surface area (Å²) in [5, 5.41) is 13.9. The van der Waals surface area contributed by atoms with Gasteiger partial charge >= 0.3 is 0 Å². The molecule has 8 heteroatoms. The van der Waals surface area contributed by atoms with Gasteiger partial charge in [0.25, 0.3) is 11.5 Å². The molecule has 0 fully saturated rings. The molecule has 2 N–H and O–H groups in total. The van der Waals surface area contributed by atoms with Crippen molar-refractivity contribution < 1.29 is 9.90 Å². The summed E-state index contributed by atoms with van der Waals surface area (Å²) >= 11 is 11.9. The van der Waals surface area contributed by atoms with Gasteiger partial charge in [-0.05, 0) is 48.7 Å². The fourth-order valence-electron chi connectivity index (χ4n) is 2.94. The lowest BCUT2D eigenvalue weighted by molar-refractivity contribution is 0.0950. The van der Waals surface area contributed by atoms with Crippen molar-refractivity contribution in [1.82, 2.24) is 14.9 Å². The SMILES string of the molecule is Cn1c(-c2ccncc2)cc(C(=O)NCCCc2ccc(Cl)c(Cl)c2)c(O)c1=O. The van der Waals surface area contributed by atoms with Crippen molar-refractivity contribution in [2.45, 2.75) is 12.8 Å². The van der Waals surface area contributed by atoms with Gasteiger partial charge in [0.2, 0.25) is 0 Å². The number of benzene rings is 1. The molecule has 0 spiro atoms. The van der Waals surface area contributed by atoms with Crippen LogP contribution < -0.4 is 10.9 Å². The average molecular weight is 432 g/mol. The van der Waals surface area contributed by atoms with E-state index in [0.29, 0.717) is 40.7 Å². The predicted octanol–water partition coefficient (Wildman–Crippen LogP) is 3.82. The summed E-state index contributed by atoms with van der Waals surface area (Å²) in [6.07, 6.45) is 4.54. The van der Waals surface area contributed by atoms with E-state index in [1.165, 1.54) is 17.7 Å². The Kier molecular flexibility index (Phi) is 6.56. The third-order valence-corrected chi connectivity index (χ3v) is 5.28. The Morgan fingerprint density at radius 3 is 2.55 bits per heavy atom. The zero-order valence-corrected chi connectivity index (χ0v) is 17.2. The number of pyridine rings is 2. The van der Waals surface area contributed by atoms with Gasteiger partial charge in [0.05, 0.1) is 21.3 Å². The smallest absolute Gasteiger partial charge is 0.293 e. The van der Waals surface area contributed by atoms with E-state index in [2.05, 4.69) is 10.3 Å². The maximum absolute atomic E-state index is 12.6. The van der Waals surface area contributed by atoms with E-state index in [0.717, 1.165) is 5.56 Å². The highest BCUT2D eigenvalue weighted by molar-refractivity contribution is 6.42. The number of hydrogen-bond acceptors (Lipinski definition) is 4. The van der Waals surface area contributed by atoms with Crippen LogP contribution in [0.2, 0.25) is 10.0 Å². The molecule has 2 aromatic heterocycles. The second-order valence-corrected chi connectivity index (χ2v) is 7.31. The topological polar surface area (TPSA) is 84.2 Å². The third-order valence-electron chi connectivity index (χ3n) is 4.54. The van der Waals surface area contributed by atoms with Gasteiger partial charge in [0.1, 0.15) is 0 Å². The summed E-state index contributed by atoms with van der Waals surface area (Å²) in [4.78, 5) is 28.9. The maximum atomic E-state index is 12.6. The molecular formula is C21H19Cl2N3O3. The van der Waals surface area contributed by atoms with Gasteiger partial charge in [-0.25, -0.2) is 0 Å². The standard InChI is InChI=1S/C21H19Cl2N3O3/c1-26-18(14-6-9-24-10-7-14)12-15(19(27)21(26)29)20(28)25-8-2-3-13-4-5-16(22)17(23)11-13/h4-7,9-12,27H,2-3,8H2,1H3,(H,25,28). The van der Waals surface area contributed by atoms with Crippen LogP contribution in [0.25, 0.3) is 11.3 Å². The summed E-state index contributed by atoms with van der Waals surface area (Å²) in [6, 6.07) is 10.4. The molecule has 6 nitrogen and oxygen atoms in total. The molecule has 3 aromatic rings. The molecule has 0 aliphatic rings. The van der Waals surface area contributed by atoms with Crippen molar-refractivity contribution in [1.29, 1.82) is 0 Å². The fourth-order valence-corrected chi connectivity index (χ4v) is 3.26. The van der Waals surface area contributed by atoms with E-state index in [1.807, 2.05) is 6.07 Å². The minimum atomic E-state index is -0.639. The number of nitrogens with one attached hydrogen (secondary N) is 1. The van der Waals surface area contributed by atoms with Crippen LogP contribution in [0.3, 0.4) is 0 Å². The quantitative estimate of drug-likeness (QED) is 0.580. The Bertz CT molecular complexity index is 1100. The lowest BCUT2D eigenvalue weighted by Crippen LogP contribution is -2.28.